The topological polar surface area (TPSA) is 24.9 Å². The third-order valence-corrected chi connectivity index (χ3v) is 4.31. The Labute approximate surface area is 135 Å². The highest BCUT2D eigenvalue weighted by molar-refractivity contribution is 9.10. The van der Waals surface area contributed by atoms with Crippen molar-refractivity contribution in [3.63, 3.8) is 0 Å². The molecule has 106 valence electrons. The number of nitrogens with zero attached hydrogens (tertiary/aromatic N) is 1. The van der Waals surface area contributed by atoms with Crippen LogP contribution in [0.15, 0.2) is 34.9 Å². The molecule has 0 saturated carbocycles. The molecular weight excluding hydrogens is 366 g/mol. The Morgan fingerprint density at radius 3 is 2.65 bits per heavy atom. The van der Waals surface area contributed by atoms with Gasteiger partial charge in [-0.05, 0) is 40.7 Å². The fourth-order valence-corrected chi connectivity index (χ4v) is 2.49. The predicted molar refractivity (Wildman–Crippen MR) is 83.9 cm³/mol. The minimum Gasteiger partial charge on any atom is -0.305 e. The van der Waals surface area contributed by atoms with Gasteiger partial charge in [-0.3, -0.25) is 4.98 Å². The van der Waals surface area contributed by atoms with Gasteiger partial charge in [0.25, 0.3) is 0 Å². The van der Waals surface area contributed by atoms with Crippen LogP contribution in [0.2, 0.25) is 10.0 Å². The summed E-state index contributed by atoms with van der Waals surface area (Å²) in [5.74, 6) is -0.455. The Bertz CT molecular complexity index is 605. The summed E-state index contributed by atoms with van der Waals surface area (Å²) in [5.41, 5.74) is 1.14. The Morgan fingerprint density at radius 2 is 2.05 bits per heavy atom. The van der Waals surface area contributed by atoms with E-state index in [9.17, 15) is 4.39 Å². The number of rotatable bonds is 4. The molecule has 0 aliphatic carbocycles. The van der Waals surface area contributed by atoms with Crippen LogP contribution in [0.5, 0.6) is 0 Å². The molecule has 0 saturated heterocycles. The highest BCUT2D eigenvalue weighted by Gasteiger charge is 2.21. The molecule has 1 heterocycles. The van der Waals surface area contributed by atoms with Crippen LogP contribution in [0.1, 0.15) is 24.2 Å². The van der Waals surface area contributed by atoms with Crippen molar-refractivity contribution in [2.75, 3.05) is 6.54 Å². The standard InChI is InChI=1S/C14H12BrCl2FN2/c1-2-19-14(11-6-3-8(16)7-20-11)9-4-5-10(15)12(17)13(9)18/h3-7,14,19H,2H2,1H3. The predicted octanol–water partition coefficient (Wildman–Crippen LogP) is 4.99. The van der Waals surface area contributed by atoms with Crippen molar-refractivity contribution in [1.82, 2.24) is 10.3 Å². The molecule has 0 fully saturated rings. The normalized spacial score (nSPS) is 12.4. The molecule has 6 heteroatoms. The quantitative estimate of drug-likeness (QED) is 0.759. The number of hydrogen-bond acceptors (Lipinski definition) is 2. The minimum atomic E-state index is -0.455. The molecule has 0 aliphatic rings. The van der Waals surface area contributed by atoms with Crippen molar-refractivity contribution in [1.29, 1.82) is 0 Å². The first-order valence-electron chi connectivity index (χ1n) is 6.02. The molecule has 0 aliphatic heterocycles. The zero-order valence-corrected chi connectivity index (χ0v) is 13.7. The van der Waals surface area contributed by atoms with Gasteiger partial charge in [0, 0.05) is 16.2 Å². The molecule has 20 heavy (non-hydrogen) atoms. The lowest BCUT2D eigenvalue weighted by Gasteiger charge is -2.19. The molecule has 1 aromatic carbocycles. The van der Waals surface area contributed by atoms with Gasteiger partial charge in [-0.2, -0.15) is 0 Å². The van der Waals surface area contributed by atoms with Gasteiger partial charge in [0.15, 0.2) is 0 Å². The molecule has 0 radical (unpaired) electrons. The van der Waals surface area contributed by atoms with Crippen LogP contribution in [0, 0.1) is 5.82 Å². The Kier molecular flexibility index (Phi) is 5.38. The van der Waals surface area contributed by atoms with E-state index in [-0.39, 0.29) is 11.1 Å². The smallest absolute Gasteiger partial charge is 0.148 e. The second-order valence-electron chi connectivity index (χ2n) is 4.16. The van der Waals surface area contributed by atoms with Crippen LogP contribution in [0.4, 0.5) is 4.39 Å². The summed E-state index contributed by atoms with van der Waals surface area (Å²) in [6.07, 6.45) is 1.54. The summed E-state index contributed by atoms with van der Waals surface area (Å²) in [6.45, 7) is 2.61. The first-order chi connectivity index (χ1) is 9.54. The van der Waals surface area contributed by atoms with Gasteiger partial charge in [-0.15, -0.1) is 0 Å². The maximum absolute atomic E-state index is 14.3. The largest absolute Gasteiger partial charge is 0.305 e. The molecule has 2 nitrogen and oxygen atoms in total. The number of nitrogens with one attached hydrogen (secondary N) is 1. The van der Waals surface area contributed by atoms with Crippen LogP contribution in [0.3, 0.4) is 0 Å². The van der Waals surface area contributed by atoms with Gasteiger partial charge in [0.1, 0.15) is 5.82 Å². The molecule has 1 unspecified atom stereocenters. The van der Waals surface area contributed by atoms with Crippen molar-refractivity contribution in [3.8, 4) is 0 Å². The number of halogens is 4. The summed E-state index contributed by atoms with van der Waals surface area (Å²) in [7, 11) is 0. The first kappa shape index (κ1) is 15.7. The molecule has 1 aromatic heterocycles. The summed E-state index contributed by atoms with van der Waals surface area (Å²) in [4.78, 5) is 4.25. The van der Waals surface area contributed by atoms with Crippen molar-refractivity contribution in [2.45, 2.75) is 13.0 Å². The minimum absolute atomic E-state index is 0.0689. The van der Waals surface area contributed by atoms with Crippen LogP contribution >= 0.6 is 39.1 Å². The van der Waals surface area contributed by atoms with Gasteiger partial charge in [-0.25, -0.2) is 4.39 Å². The summed E-state index contributed by atoms with van der Waals surface area (Å²) >= 11 is 15.0. The Balaban J connectivity index is 2.48. The molecule has 1 N–H and O–H groups in total. The zero-order valence-electron chi connectivity index (χ0n) is 10.6. The second kappa shape index (κ2) is 6.85. The van der Waals surface area contributed by atoms with E-state index in [1.165, 1.54) is 0 Å². The van der Waals surface area contributed by atoms with Crippen LogP contribution in [-0.4, -0.2) is 11.5 Å². The Morgan fingerprint density at radius 1 is 1.30 bits per heavy atom. The monoisotopic (exact) mass is 376 g/mol. The lowest BCUT2D eigenvalue weighted by Crippen LogP contribution is -2.24. The van der Waals surface area contributed by atoms with Crippen molar-refractivity contribution in [3.05, 3.63) is 62.1 Å². The number of pyridine rings is 1. The SMILES string of the molecule is CCNC(c1ccc(Cl)cn1)c1ccc(Br)c(Cl)c1F. The zero-order chi connectivity index (χ0) is 14.7. The summed E-state index contributed by atoms with van der Waals surface area (Å²) in [6, 6.07) is 6.54. The molecule has 0 bridgehead atoms. The van der Waals surface area contributed by atoms with Gasteiger partial charge in [0.2, 0.25) is 0 Å². The molecule has 0 spiro atoms. The van der Waals surface area contributed by atoms with Gasteiger partial charge >= 0.3 is 0 Å². The molecule has 0 amide bonds. The fraction of sp³-hybridized carbons (Fsp3) is 0.214. The summed E-state index contributed by atoms with van der Waals surface area (Å²) < 4.78 is 14.9. The lowest BCUT2D eigenvalue weighted by atomic mass is 10.0. The number of hydrogen-bond donors (Lipinski definition) is 1. The van der Waals surface area contributed by atoms with Crippen LogP contribution in [0.25, 0.3) is 0 Å². The lowest BCUT2D eigenvalue weighted by molar-refractivity contribution is 0.552. The average molecular weight is 378 g/mol. The third kappa shape index (κ3) is 3.31. The van der Waals surface area contributed by atoms with Crippen LogP contribution in [-0.2, 0) is 0 Å². The van der Waals surface area contributed by atoms with Crippen LogP contribution < -0.4 is 5.32 Å². The van der Waals surface area contributed by atoms with E-state index < -0.39 is 5.82 Å². The van der Waals surface area contributed by atoms with Gasteiger partial charge < -0.3 is 5.32 Å². The maximum Gasteiger partial charge on any atom is 0.148 e. The van der Waals surface area contributed by atoms with E-state index in [0.717, 1.165) is 0 Å². The molecular formula is C14H12BrCl2FN2. The molecule has 2 aromatic rings. The van der Waals surface area contributed by atoms with E-state index in [4.69, 9.17) is 23.2 Å². The highest BCUT2D eigenvalue weighted by atomic mass is 79.9. The van der Waals surface area contributed by atoms with Gasteiger partial charge in [0.05, 0.1) is 21.8 Å². The average Bonchev–Trinajstić information content (AvgIpc) is 2.44. The van der Waals surface area contributed by atoms with Crippen molar-refractivity contribution < 1.29 is 4.39 Å². The number of aromatic nitrogens is 1. The summed E-state index contributed by atoms with van der Waals surface area (Å²) in [5, 5.41) is 3.81. The third-order valence-electron chi connectivity index (χ3n) is 2.83. The Hall–Kier alpha value is -0.680. The highest BCUT2D eigenvalue weighted by Crippen LogP contribution is 2.32. The fourth-order valence-electron chi connectivity index (χ4n) is 1.90. The van der Waals surface area contributed by atoms with E-state index in [1.54, 1.807) is 30.5 Å². The van der Waals surface area contributed by atoms with E-state index in [0.29, 0.717) is 27.3 Å². The maximum atomic E-state index is 14.3. The van der Waals surface area contributed by atoms with E-state index in [2.05, 4.69) is 26.2 Å². The molecule has 2 rings (SSSR count). The van der Waals surface area contributed by atoms with Crippen molar-refractivity contribution in [2.24, 2.45) is 0 Å². The second-order valence-corrected chi connectivity index (χ2v) is 5.83. The van der Waals surface area contributed by atoms with E-state index in [1.807, 2.05) is 6.92 Å². The van der Waals surface area contributed by atoms with Gasteiger partial charge in [-0.1, -0.05) is 36.2 Å². The molecule has 1 atom stereocenters. The van der Waals surface area contributed by atoms with Crippen molar-refractivity contribution >= 4 is 39.1 Å². The first-order valence-corrected chi connectivity index (χ1v) is 7.57. The van der Waals surface area contributed by atoms with E-state index >= 15 is 0 Å². The number of benzene rings is 1.